The molecule has 2 heterocycles. The third-order valence-electron chi connectivity index (χ3n) is 3.89. The highest BCUT2D eigenvalue weighted by Crippen LogP contribution is 2.29. The van der Waals surface area contributed by atoms with Gasteiger partial charge in [-0.25, -0.2) is 4.79 Å². The van der Waals surface area contributed by atoms with Crippen LogP contribution in [0.25, 0.3) is 11.0 Å². The minimum Gasteiger partial charge on any atom is -0.479 e. The first-order chi connectivity index (χ1) is 10.4. The molecule has 0 aliphatic carbocycles. The first-order valence-corrected chi connectivity index (χ1v) is 7.54. The Hall–Kier alpha value is -1.86. The Morgan fingerprint density at radius 1 is 1.41 bits per heavy atom. The number of hydrogen-bond donors (Lipinski definition) is 2. The Kier molecular flexibility index (Phi) is 3.70. The van der Waals surface area contributed by atoms with E-state index < -0.39 is 17.4 Å². The Labute approximate surface area is 134 Å². The molecular formula is C15H14BrNO5. The summed E-state index contributed by atoms with van der Waals surface area (Å²) in [5, 5.41) is 12.7. The van der Waals surface area contributed by atoms with Crippen molar-refractivity contribution in [2.24, 2.45) is 0 Å². The minimum absolute atomic E-state index is 0.0428. The number of furan rings is 1. The zero-order chi connectivity index (χ0) is 15.9. The molecule has 0 saturated carbocycles. The SMILES string of the molecule is Cc1c(C(=O)NC2(C(=O)O)CCOC2)oc2ccc(Br)cc12. The van der Waals surface area contributed by atoms with Crippen LogP contribution in [0.4, 0.5) is 0 Å². The Balaban J connectivity index is 1.95. The maximum Gasteiger partial charge on any atom is 0.331 e. The van der Waals surface area contributed by atoms with E-state index in [-0.39, 0.29) is 18.8 Å². The molecule has 6 nitrogen and oxygen atoms in total. The van der Waals surface area contributed by atoms with E-state index in [1.807, 2.05) is 12.1 Å². The van der Waals surface area contributed by atoms with Gasteiger partial charge >= 0.3 is 5.97 Å². The van der Waals surface area contributed by atoms with Gasteiger partial charge in [0.1, 0.15) is 5.58 Å². The summed E-state index contributed by atoms with van der Waals surface area (Å²) in [6.45, 7) is 2.03. The summed E-state index contributed by atoms with van der Waals surface area (Å²) in [6, 6.07) is 5.43. The van der Waals surface area contributed by atoms with E-state index in [9.17, 15) is 14.7 Å². The lowest BCUT2D eigenvalue weighted by molar-refractivity contribution is -0.144. The molecule has 22 heavy (non-hydrogen) atoms. The Morgan fingerprint density at radius 3 is 2.82 bits per heavy atom. The molecule has 1 unspecified atom stereocenters. The van der Waals surface area contributed by atoms with Crippen molar-refractivity contribution in [1.82, 2.24) is 5.32 Å². The van der Waals surface area contributed by atoms with Crippen LogP contribution >= 0.6 is 15.9 Å². The van der Waals surface area contributed by atoms with Gasteiger partial charge in [-0.1, -0.05) is 15.9 Å². The Bertz CT molecular complexity index is 761. The summed E-state index contributed by atoms with van der Waals surface area (Å²) in [6.07, 6.45) is 0.235. The molecule has 1 aliphatic heterocycles. The molecule has 116 valence electrons. The smallest absolute Gasteiger partial charge is 0.331 e. The van der Waals surface area contributed by atoms with Gasteiger partial charge in [0.05, 0.1) is 6.61 Å². The second-order valence-corrected chi connectivity index (χ2v) is 6.26. The number of rotatable bonds is 3. The van der Waals surface area contributed by atoms with Crippen LogP contribution in [0.5, 0.6) is 0 Å². The van der Waals surface area contributed by atoms with Crippen molar-refractivity contribution in [1.29, 1.82) is 0 Å². The molecule has 1 aromatic heterocycles. The molecular weight excluding hydrogens is 354 g/mol. The highest BCUT2D eigenvalue weighted by molar-refractivity contribution is 9.10. The second kappa shape index (κ2) is 5.40. The number of benzene rings is 1. The van der Waals surface area contributed by atoms with Crippen LogP contribution in [0.15, 0.2) is 27.1 Å². The number of halogens is 1. The molecule has 1 atom stereocenters. The van der Waals surface area contributed by atoms with Gasteiger partial charge in [-0.2, -0.15) is 0 Å². The summed E-state index contributed by atoms with van der Waals surface area (Å²) in [7, 11) is 0. The fourth-order valence-corrected chi connectivity index (χ4v) is 2.93. The maximum atomic E-state index is 12.5. The molecule has 3 rings (SSSR count). The van der Waals surface area contributed by atoms with E-state index in [2.05, 4.69) is 21.2 Å². The number of amides is 1. The van der Waals surface area contributed by atoms with Crippen LogP contribution in [-0.4, -0.2) is 35.7 Å². The number of carboxylic acids is 1. The second-order valence-electron chi connectivity index (χ2n) is 5.34. The van der Waals surface area contributed by atoms with E-state index in [1.54, 1.807) is 13.0 Å². The summed E-state index contributed by atoms with van der Waals surface area (Å²) in [5.74, 6) is -1.52. The largest absolute Gasteiger partial charge is 0.479 e. The highest BCUT2D eigenvalue weighted by Gasteiger charge is 2.44. The molecule has 0 radical (unpaired) electrons. The number of carbonyl (C=O) groups excluding carboxylic acids is 1. The van der Waals surface area contributed by atoms with Crippen LogP contribution in [0.2, 0.25) is 0 Å². The summed E-state index contributed by atoms with van der Waals surface area (Å²) in [5.41, 5.74) is -0.130. The highest BCUT2D eigenvalue weighted by atomic mass is 79.9. The molecule has 1 amide bonds. The van der Waals surface area contributed by atoms with Crippen molar-refractivity contribution in [2.45, 2.75) is 18.9 Å². The lowest BCUT2D eigenvalue weighted by Gasteiger charge is -2.23. The molecule has 0 spiro atoms. The van der Waals surface area contributed by atoms with Gasteiger partial charge in [0.15, 0.2) is 11.3 Å². The topological polar surface area (TPSA) is 88.8 Å². The standard InChI is InChI=1S/C15H14BrNO5/c1-8-10-6-9(16)2-3-11(10)22-12(8)13(18)17-15(14(19)20)4-5-21-7-15/h2-3,6H,4-5,7H2,1H3,(H,17,18)(H,19,20). The maximum absolute atomic E-state index is 12.5. The number of hydrogen-bond acceptors (Lipinski definition) is 4. The first-order valence-electron chi connectivity index (χ1n) is 6.75. The van der Waals surface area contributed by atoms with Crippen molar-refractivity contribution in [2.75, 3.05) is 13.2 Å². The quantitative estimate of drug-likeness (QED) is 0.869. The van der Waals surface area contributed by atoms with Crippen molar-refractivity contribution >= 4 is 38.8 Å². The zero-order valence-corrected chi connectivity index (χ0v) is 13.4. The summed E-state index contributed by atoms with van der Waals surface area (Å²) >= 11 is 3.37. The van der Waals surface area contributed by atoms with Crippen LogP contribution in [0.3, 0.4) is 0 Å². The molecule has 1 aromatic carbocycles. The molecule has 1 aliphatic rings. The van der Waals surface area contributed by atoms with Crippen LogP contribution in [-0.2, 0) is 9.53 Å². The number of fused-ring (bicyclic) bond motifs is 1. The van der Waals surface area contributed by atoms with E-state index in [0.29, 0.717) is 17.8 Å². The van der Waals surface area contributed by atoms with Crippen molar-refractivity contribution in [3.63, 3.8) is 0 Å². The normalized spacial score (nSPS) is 21.2. The van der Waals surface area contributed by atoms with E-state index >= 15 is 0 Å². The molecule has 2 N–H and O–H groups in total. The van der Waals surface area contributed by atoms with Crippen molar-refractivity contribution < 1.29 is 23.8 Å². The van der Waals surface area contributed by atoms with E-state index in [4.69, 9.17) is 9.15 Å². The third-order valence-corrected chi connectivity index (χ3v) is 4.38. The minimum atomic E-state index is -1.39. The fraction of sp³-hybridized carbons (Fsp3) is 0.333. The van der Waals surface area contributed by atoms with Gasteiger partial charge in [-0.05, 0) is 25.1 Å². The number of ether oxygens (including phenoxy) is 1. The van der Waals surface area contributed by atoms with E-state index in [1.165, 1.54) is 0 Å². The fourth-order valence-electron chi connectivity index (χ4n) is 2.57. The monoisotopic (exact) mass is 367 g/mol. The molecule has 1 saturated heterocycles. The van der Waals surface area contributed by atoms with Crippen LogP contribution in [0.1, 0.15) is 22.5 Å². The molecule has 7 heteroatoms. The van der Waals surface area contributed by atoms with Crippen LogP contribution in [0, 0.1) is 6.92 Å². The number of carbonyl (C=O) groups is 2. The lowest BCUT2D eigenvalue weighted by Crippen LogP contribution is -2.55. The molecule has 2 aromatic rings. The van der Waals surface area contributed by atoms with Gasteiger partial charge in [-0.15, -0.1) is 0 Å². The number of aryl methyl sites for hydroxylation is 1. The van der Waals surface area contributed by atoms with Gasteiger partial charge < -0.3 is 19.6 Å². The average molecular weight is 368 g/mol. The van der Waals surface area contributed by atoms with Gasteiger partial charge in [0, 0.05) is 28.5 Å². The van der Waals surface area contributed by atoms with E-state index in [0.717, 1.165) is 9.86 Å². The molecule has 1 fully saturated rings. The Morgan fingerprint density at radius 2 is 2.18 bits per heavy atom. The predicted molar refractivity (Wildman–Crippen MR) is 81.9 cm³/mol. The third kappa shape index (κ3) is 2.40. The zero-order valence-electron chi connectivity index (χ0n) is 11.8. The summed E-state index contributed by atoms with van der Waals surface area (Å²) < 4.78 is 11.6. The predicted octanol–water partition coefficient (Wildman–Crippen LogP) is 2.48. The van der Waals surface area contributed by atoms with Gasteiger partial charge in [0.25, 0.3) is 5.91 Å². The molecule has 0 bridgehead atoms. The summed E-state index contributed by atoms with van der Waals surface area (Å²) in [4.78, 5) is 23.9. The first kappa shape index (κ1) is 15.1. The number of nitrogens with one attached hydrogen (secondary N) is 1. The number of carboxylic acid groups (broad SMARTS) is 1. The van der Waals surface area contributed by atoms with Crippen molar-refractivity contribution in [3.05, 3.63) is 34.0 Å². The van der Waals surface area contributed by atoms with Gasteiger partial charge in [0.2, 0.25) is 0 Å². The number of aliphatic carboxylic acids is 1. The lowest BCUT2D eigenvalue weighted by atomic mass is 9.98. The van der Waals surface area contributed by atoms with Crippen LogP contribution < -0.4 is 5.32 Å². The average Bonchev–Trinajstić information content (AvgIpc) is 3.06. The van der Waals surface area contributed by atoms with Crippen molar-refractivity contribution in [3.8, 4) is 0 Å². The van der Waals surface area contributed by atoms with Gasteiger partial charge in [-0.3, -0.25) is 4.79 Å².